The second kappa shape index (κ2) is 10.7. The molecule has 2 aromatic carbocycles. The van der Waals surface area contributed by atoms with Crippen LogP contribution in [0.4, 0.5) is 0 Å². The number of hydrogen-bond acceptors (Lipinski definition) is 8. The normalized spacial score (nSPS) is 22.5. The standard InChI is InChI=1S/C31H31N5O2S2/c37-26-9-8-25(29(38)34-26)36-16-22-7-6-19(14-23(22)31(36)39)15-35-12-10-21(11-13-35)28-27-24(20-4-2-1-3-5-20)17-40-30(27)33-18-32-28/h1-7,14,17-18,21,25,31,39H,8-13,15-16H2,(H,34,37,38). The highest BCUT2D eigenvalue weighted by Crippen LogP contribution is 2.41. The van der Waals surface area contributed by atoms with E-state index in [0.29, 0.717) is 25.3 Å². The molecule has 2 amide bonds. The van der Waals surface area contributed by atoms with E-state index >= 15 is 0 Å². The Morgan fingerprint density at radius 3 is 2.65 bits per heavy atom. The maximum atomic E-state index is 12.5. The molecule has 2 fully saturated rings. The average molecular weight is 570 g/mol. The number of amides is 2. The molecule has 7 nitrogen and oxygen atoms in total. The van der Waals surface area contributed by atoms with E-state index in [1.807, 2.05) is 0 Å². The van der Waals surface area contributed by atoms with Gasteiger partial charge in [-0.1, -0.05) is 48.5 Å². The van der Waals surface area contributed by atoms with Crippen molar-refractivity contribution in [3.05, 3.63) is 82.6 Å². The Bertz CT molecular complexity index is 1580. The summed E-state index contributed by atoms with van der Waals surface area (Å²) < 4.78 is 0. The van der Waals surface area contributed by atoms with Crippen molar-refractivity contribution in [2.45, 2.75) is 56.1 Å². The van der Waals surface area contributed by atoms with Gasteiger partial charge in [0.15, 0.2) is 0 Å². The van der Waals surface area contributed by atoms with Crippen LogP contribution in [0.3, 0.4) is 0 Å². The highest BCUT2D eigenvalue weighted by molar-refractivity contribution is 7.80. The number of carbonyl (C=O) groups is 2. The molecule has 3 aliphatic rings. The summed E-state index contributed by atoms with van der Waals surface area (Å²) in [6.07, 6.45) is 4.80. The number of imide groups is 1. The maximum Gasteiger partial charge on any atom is 0.243 e. The molecule has 2 atom stereocenters. The lowest BCUT2D eigenvalue weighted by Crippen LogP contribution is -2.51. The lowest BCUT2D eigenvalue weighted by molar-refractivity contribution is -0.137. The summed E-state index contributed by atoms with van der Waals surface area (Å²) in [6, 6.07) is 16.9. The van der Waals surface area contributed by atoms with Gasteiger partial charge in [0.1, 0.15) is 11.2 Å². The molecule has 0 saturated carbocycles. The summed E-state index contributed by atoms with van der Waals surface area (Å²) in [4.78, 5) is 39.2. The lowest BCUT2D eigenvalue weighted by Gasteiger charge is -2.32. The van der Waals surface area contributed by atoms with E-state index < -0.39 is 0 Å². The topological polar surface area (TPSA) is 78.4 Å². The zero-order valence-corrected chi connectivity index (χ0v) is 23.8. The first-order chi connectivity index (χ1) is 19.5. The first kappa shape index (κ1) is 25.8. The van der Waals surface area contributed by atoms with Gasteiger partial charge >= 0.3 is 0 Å². The van der Waals surface area contributed by atoms with Gasteiger partial charge in [0.25, 0.3) is 0 Å². The van der Waals surface area contributed by atoms with E-state index in [1.165, 1.54) is 38.9 Å². The molecule has 0 bridgehead atoms. The van der Waals surface area contributed by atoms with Crippen LogP contribution in [0.5, 0.6) is 0 Å². The van der Waals surface area contributed by atoms with Crippen molar-refractivity contribution < 1.29 is 9.59 Å². The summed E-state index contributed by atoms with van der Waals surface area (Å²) >= 11 is 6.60. The molecule has 3 aliphatic heterocycles. The number of aromatic nitrogens is 2. The zero-order chi connectivity index (χ0) is 27.2. The molecule has 5 heterocycles. The number of nitrogens with one attached hydrogen (secondary N) is 1. The fourth-order valence-corrected chi connectivity index (χ4v) is 7.94. The van der Waals surface area contributed by atoms with Crippen LogP contribution in [0.2, 0.25) is 0 Å². The van der Waals surface area contributed by atoms with E-state index in [1.54, 1.807) is 17.7 Å². The summed E-state index contributed by atoms with van der Waals surface area (Å²) in [5.41, 5.74) is 7.31. The highest BCUT2D eigenvalue weighted by Gasteiger charge is 2.39. The van der Waals surface area contributed by atoms with Crippen molar-refractivity contribution in [2.24, 2.45) is 0 Å². The number of likely N-dealkylation sites (tertiary alicyclic amines) is 1. The minimum absolute atomic E-state index is 0.144. The van der Waals surface area contributed by atoms with Crippen molar-refractivity contribution in [1.82, 2.24) is 25.1 Å². The first-order valence-corrected chi connectivity index (χ1v) is 15.3. The Kier molecular flexibility index (Phi) is 6.91. The molecule has 0 aliphatic carbocycles. The van der Waals surface area contributed by atoms with Crippen LogP contribution in [0.25, 0.3) is 21.3 Å². The largest absolute Gasteiger partial charge is 0.299 e. The number of nitrogens with zero attached hydrogens (tertiary/aromatic N) is 4. The molecule has 4 aromatic rings. The van der Waals surface area contributed by atoms with E-state index in [9.17, 15) is 9.59 Å². The summed E-state index contributed by atoms with van der Waals surface area (Å²) in [5.74, 6) is 0.0315. The van der Waals surface area contributed by atoms with Crippen LogP contribution in [0.1, 0.15) is 59.4 Å². The molecule has 2 aromatic heterocycles. The number of benzene rings is 2. The number of carbonyl (C=O) groups excluding carboxylic acids is 2. The average Bonchev–Trinajstić information content (AvgIpc) is 3.55. The van der Waals surface area contributed by atoms with Gasteiger partial charge in [0.2, 0.25) is 11.8 Å². The van der Waals surface area contributed by atoms with E-state index in [0.717, 1.165) is 37.3 Å². The maximum absolute atomic E-state index is 12.5. The van der Waals surface area contributed by atoms with Crippen LogP contribution in [0.15, 0.2) is 60.2 Å². The molecule has 0 spiro atoms. The Labute approximate surface area is 243 Å². The molecule has 7 rings (SSSR count). The summed E-state index contributed by atoms with van der Waals surface area (Å²) in [5, 5.41) is 5.78. The molecular weight excluding hydrogens is 539 g/mol. The van der Waals surface area contributed by atoms with Crippen LogP contribution < -0.4 is 5.32 Å². The van der Waals surface area contributed by atoms with Crippen LogP contribution >= 0.6 is 24.0 Å². The fourth-order valence-electron chi connectivity index (χ4n) is 6.53. The van der Waals surface area contributed by atoms with Gasteiger partial charge in [-0.3, -0.25) is 24.7 Å². The molecule has 40 heavy (non-hydrogen) atoms. The van der Waals surface area contributed by atoms with Crippen LogP contribution in [-0.2, 0) is 22.7 Å². The predicted molar refractivity (Wildman–Crippen MR) is 160 cm³/mol. The first-order valence-electron chi connectivity index (χ1n) is 13.9. The Morgan fingerprint density at radius 2 is 1.85 bits per heavy atom. The summed E-state index contributed by atoms with van der Waals surface area (Å²) in [7, 11) is 0. The Hall–Kier alpha value is -3.11. The number of hydrogen-bond donors (Lipinski definition) is 2. The molecule has 2 unspecified atom stereocenters. The molecular formula is C31H31N5O2S2. The van der Waals surface area contributed by atoms with Gasteiger partial charge in [-0.15, -0.1) is 11.3 Å². The second-order valence-corrected chi connectivity index (χ2v) is 12.4. The number of piperidine rings is 2. The SMILES string of the molecule is O=C1CCC(N2Cc3ccc(CN4CCC(c5ncnc6scc(-c7ccccc7)c56)CC4)cc3C2S)C(=O)N1. The van der Waals surface area contributed by atoms with E-state index in [4.69, 9.17) is 17.6 Å². The predicted octanol–water partition coefficient (Wildman–Crippen LogP) is 5.29. The van der Waals surface area contributed by atoms with Crippen LogP contribution in [0, 0.1) is 0 Å². The number of thiol groups is 1. The number of fused-ring (bicyclic) bond motifs is 2. The Morgan fingerprint density at radius 1 is 1.02 bits per heavy atom. The smallest absolute Gasteiger partial charge is 0.243 e. The zero-order valence-electron chi connectivity index (χ0n) is 22.1. The van der Waals surface area contributed by atoms with Gasteiger partial charge in [-0.25, -0.2) is 9.97 Å². The molecule has 2 saturated heterocycles. The van der Waals surface area contributed by atoms with Gasteiger partial charge in [-0.05, 0) is 54.6 Å². The number of rotatable bonds is 5. The minimum Gasteiger partial charge on any atom is -0.299 e. The van der Waals surface area contributed by atoms with Crippen molar-refractivity contribution in [3.8, 4) is 11.1 Å². The minimum atomic E-state index is -0.311. The summed E-state index contributed by atoms with van der Waals surface area (Å²) in [6.45, 7) is 3.61. The highest BCUT2D eigenvalue weighted by atomic mass is 32.1. The van der Waals surface area contributed by atoms with E-state index in [-0.39, 0.29) is 23.2 Å². The second-order valence-electron chi connectivity index (χ2n) is 11.1. The van der Waals surface area contributed by atoms with Gasteiger partial charge in [0.05, 0.1) is 17.1 Å². The third kappa shape index (κ3) is 4.75. The van der Waals surface area contributed by atoms with Crippen molar-refractivity contribution in [3.63, 3.8) is 0 Å². The molecule has 9 heteroatoms. The van der Waals surface area contributed by atoms with Gasteiger partial charge in [0, 0.05) is 41.8 Å². The monoisotopic (exact) mass is 569 g/mol. The van der Waals surface area contributed by atoms with E-state index in [2.05, 4.69) is 74.0 Å². The van der Waals surface area contributed by atoms with Gasteiger partial charge in [-0.2, -0.15) is 12.6 Å². The molecule has 1 N–H and O–H groups in total. The number of thiophene rings is 1. The lowest BCUT2D eigenvalue weighted by atomic mass is 9.90. The van der Waals surface area contributed by atoms with Crippen molar-refractivity contribution in [1.29, 1.82) is 0 Å². The third-order valence-corrected chi connectivity index (χ3v) is 10.1. The van der Waals surface area contributed by atoms with Gasteiger partial charge < -0.3 is 0 Å². The Balaban J connectivity index is 1.03. The quantitative estimate of drug-likeness (QED) is 0.251. The van der Waals surface area contributed by atoms with Crippen molar-refractivity contribution in [2.75, 3.05) is 13.1 Å². The fraction of sp³-hybridized carbons (Fsp3) is 0.355. The molecule has 0 radical (unpaired) electrons. The molecule has 204 valence electrons. The van der Waals surface area contributed by atoms with Crippen LogP contribution in [-0.4, -0.2) is 50.7 Å². The third-order valence-electron chi connectivity index (χ3n) is 8.63. The van der Waals surface area contributed by atoms with Crippen molar-refractivity contribution >= 4 is 46.0 Å².